The van der Waals surface area contributed by atoms with Crippen molar-refractivity contribution in [1.29, 1.82) is 0 Å². The number of anilines is 1. The van der Waals surface area contributed by atoms with E-state index in [1.54, 1.807) is 24.3 Å². The van der Waals surface area contributed by atoms with Crippen molar-refractivity contribution in [2.45, 2.75) is 26.3 Å². The first-order chi connectivity index (χ1) is 14.2. The Morgan fingerprint density at radius 3 is 2.73 bits per heavy atom. The Kier molecular flexibility index (Phi) is 6.90. The normalized spacial score (nSPS) is 15.5. The monoisotopic (exact) mass is 463 g/mol. The van der Waals surface area contributed by atoms with E-state index >= 15 is 0 Å². The number of hydrogen-bond acceptors (Lipinski definition) is 6. The Hall–Kier alpha value is -2.29. The van der Waals surface area contributed by atoms with Crippen LogP contribution in [-0.4, -0.2) is 35.4 Å². The van der Waals surface area contributed by atoms with Crippen molar-refractivity contribution in [3.05, 3.63) is 51.3 Å². The summed E-state index contributed by atoms with van der Waals surface area (Å²) in [5.74, 6) is 0.238. The molecule has 0 fully saturated rings. The summed E-state index contributed by atoms with van der Waals surface area (Å²) >= 11 is 8.99. The van der Waals surface area contributed by atoms with E-state index in [0.717, 1.165) is 4.88 Å². The fourth-order valence-corrected chi connectivity index (χ4v) is 4.42. The van der Waals surface area contributed by atoms with Gasteiger partial charge in [-0.05, 0) is 56.5 Å². The highest BCUT2D eigenvalue weighted by atomic mass is 35.5. The SMILES string of the molecule is COc1ccc(N2C(=O)C(=Cc3cccs3)N=C2SCC(=O)NC(C)(C)C)cc1Cl. The van der Waals surface area contributed by atoms with Crippen LogP contribution in [0.3, 0.4) is 0 Å². The molecule has 1 aromatic carbocycles. The zero-order valence-electron chi connectivity index (χ0n) is 17.1. The van der Waals surface area contributed by atoms with Crippen LogP contribution in [0, 0.1) is 0 Å². The van der Waals surface area contributed by atoms with Gasteiger partial charge in [0.05, 0.1) is 23.6 Å². The number of methoxy groups -OCH3 is 1. The van der Waals surface area contributed by atoms with E-state index in [1.807, 2.05) is 38.3 Å². The molecule has 1 N–H and O–H groups in total. The maximum Gasteiger partial charge on any atom is 0.283 e. The van der Waals surface area contributed by atoms with Gasteiger partial charge in [0.2, 0.25) is 5.91 Å². The molecule has 3 rings (SSSR count). The number of rotatable bonds is 5. The molecule has 0 spiro atoms. The van der Waals surface area contributed by atoms with Crippen LogP contribution in [0.25, 0.3) is 6.08 Å². The van der Waals surface area contributed by atoms with Gasteiger partial charge >= 0.3 is 0 Å². The third kappa shape index (κ3) is 5.44. The van der Waals surface area contributed by atoms with E-state index in [0.29, 0.717) is 27.3 Å². The van der Waals surface area contributed by atoms with Crippen LogP contribution in [0.1, 0.15) is 25.6 Å². The number of amidine groups is 1. The van der Waals surface area contributed by atoms with E-state index in [1.165, 1.54) is 35.1 Å². The topological polar surface area (TPSA) is 71.0 Å². The van der Waals surface area contributed by atoms with Crippen LogP contribution in [0.5, 0.6) is 5.75 Å². The molecule has 9 heteroatoms. The van der Waals surface area contributed by atoms with Crippen LogP contribution in [-0.2, 0) is 9.59 Å². The number of hydrogen-bond donors (Lipinski definition) is 1. The summed E-state index contributed by atoms with van der Waals surface area (Å²) in [6, 6.07) is 8.91. The van der Waals surface area contributed by atoms with Crippen molar-refractivity contribution in [3.63, 3.8) is 0 Å². The Morgan fingerprint density at radius 1 is 1.37 bits per heavy atom. The number of thiophene rings is 1. The lowest BCUT2D eigenvalue weighted by Gasteiger charge is -2.21. The molecule has 2 amide bonds. The largest absolute Gasteiger partial charge is 0.495 e. The molecule has 1 aromatic heterocycles. The second kappa shape index (κ2) is 9.24. The predicted octanol–water partition coefficient (Wildman–Crippen LogP) is 4.80. The van der Waals surface area contributed by atoms with Crippen LogP contribution < -0.4 is 15.0 Å². The number of aliphatic imine (C=N–C) groups is 1. The van der Waals surface area contributed by atoms with Crippen molar-refractivity contribution in [1.82, 2.24) is 5.32 Å². The van der Waals surface area contributed by atoms with Crippen LogP contribution in [0.4, 0.5) is 5.69 Å². The first-order valence-electron chi connectivity index (χ1n) is 9.13. The molecule has 2 heterocycles. The van der Waals surface area contributed by atoms with E-state index in [9.17, 15) is 9.59 Å². The second-order valence-electron chi connectivity index (χ2n) is 7.49. The van der Waals surface area contributed by atoms with E-state index in [4.69, 9.17) is 16.3 Å². The van der Waals surface area contributed by atoms with Gasteiger partial charge in [-0.25, -0.2) is 4.99 Å². The highest BCUT2D eigenvalue weighted by molar-refractivity contribution is 8.14. The van der Waals surface area contributed by atoms with Gasteiger partial charge in [-0.2, -0.15) is 0 Å². The number of amides is 2. The van der Waals surface area contributed by atoms with Crippen LogP contribution >= 0.6 is 34.7 Å². The number of carbonyl (C=O) groups is 2. The average molecular weight is 464 g/mol. The molecule has 0 atom stereocenters. The summed E-state index contributed by atoms with van der Waals surface area (Å²) in [5.41, 5.74) is 0.532. The van der Waals surface area contributed by atoms with Gasteiger partial charge in [0.15, 0.2) is 5.17 Å². The number of ether oxygens (including phenoxy) is 1. The van der Waals surface area contributed by atoms with Crippen molar-refractivity contribution < 1.29 is 14.3 Å². The lowest BCUT2D eigenvalue weighted by Crippen LogP contribution is -2.42. The lowest BCUT2D eigenvalue weighted by atomic mass is 10.1. The molecule has 158 valence electrons. The molecule has 0 bridgehead atoms. The molecule has 0 saturated carbocycles. The first kappa shape index (κ1) is 22.4. The number of halogens is 1. The summed E-state index contributed by atoms with van der Waals surface area (Å²) in [7, 11) is 1.53. The minimum atomic E-state index is -0.335. The molecule has 0 aliphatic carbocycles. The van der Waals surface area contributed by atoms with Crippen LogP contribution in [0.15, 0.2) is 46.4 Å². The fourth-order valence-electron chi connectivity index (χ4n) is 2.71. The van der Waals surface area contributed by atoms with Crippen LogP contribution in [0.2, 0.25) is 5.02 Å². The summed E-state index contributed by atoms with van der Waals surface area (Å²) in [5, 5.41) is 5.65. The molecule has 1 aliphatic heterocycles. The van der Waals surface area contributed by atoms with Gasteiger partial charge in [-0.15, -0.1) is 11.3 Å². The summed E-state index contributed by atoms with van der Waals surface area (Å²) in [6.45, 7) is 5.75. The molecule has 30 heavy (non-hydrogen) atoms. The Bertz CT molecular complexity index is 1010. The van der Waals surface area contributed by atoms with Crippen molar-refractivity contribution in [2.75, 3.05) is 17.8 Å². The minimum Gasteiger partial charge on any atom is -0.495 e. The molecular weight excluding hydrogens is 442 g/mol. The highest BCUT2D eigenvalue weighted by Gasteiger charge is 2.33. The van der Waals surface area contributed by atoms with Crippen molar-refractivity contribution in [3.8, 4) is 5.75 Å². The summed E-state index contributed by atoms with van der Waals surface area (Å²) < 4.78 is 5.20. The Labute approximate surface area is 189 Å². The molecule has 6 nitrogen and oxygen atoms in total. The smallest absolute Gasteiger partial charge is 0.283 e. The van der Waals surface area contributed by atoms with E-state index < -0.39 is 0 Å². The molecule has 0 saturated heterocycles. The molecular formula is C21H22ClN3O3S2. The number of nitrogens with one attached hydrogen (secondary N) is 1. The Balaban J connectivity index is 1.90. The van der Waals surface area contributed by atoms with Gasteiger partial charge in [-0.1, -0.05) is 29.4 Å². The number of thioether (sulfide) groups is 1. The third-order valence-electron chi connectivity index (χ3n) is 3.89. The fraction of sp³-hybridized carbons (Fsp3) is 0.286. The highest BCUT2D eigenvalue weighted by Crippen LogP contribution is 2.34. The van der Waals surface area contributed by atoms with Gasteiger partial charge < -0.3 is 10.1 Å². The van der Waals surface area contributed by atoms with Gasteiger partial charge in [0, 0.05) is 10.4 Å². The van der Waals surface area contributed by atoms with Gasteiger partial charge in [0.1, 0.15) is 11.4 Å². The molecule has 1 aliphatic rings. The lowest BCUT2D eigenvalue weighted by molar-refractivity contribution is -0.120. The number of carbonyl (C=O) groups excluding carboxylic acids is 2. The number of nitrogens with zero attached hydrogens (tertiary/aromatic N) is 2. The standard InChI is InChI=1S/C21H22ClN3O3S2/c1-21(2,3)24-18(26)12-30-20-23-16(11-14-6-5-9-29-14)19(27)25(20)13-7-8-17(28-4)15(22)10-13/h5-11H,12H2,1-4H3,(H,24,26). The second-order valence-corrected chi connectivity index (χ2v) is 9.81. The molecule has 2 aromatic rings. The maximum absolute atomic E-state index is 13.1. The quantitative estimate of drug-likeness (QED) is 0.646. The zero-order chi connectivity index (χ0) is 21.9. The third-order valence-corrected chi connectivity index (χ3v) is 5.95. The molecule has 0 unspecified atom stereocenters. The van der Waals surface area contributed by atoms with E-state index in [-0.39, 0.29) is 23.1 Å². The minimum absolute atomic E-state index is 0.133. The zero-order valence-corrected chi connectivity index (χ0v) is 19.5. The summed E-state index contributed by atoms with van der Waals surface area (Å²) in [6.07, 6.45) is 1.74. The predicted molar refractivity (Wildman–Crippen MR) is 126 cm³/mol. The average Bonchev–Trinajstić information content (AvgIpc) is 3.27. The first-order valence-corrected chi connectivity index (χ1v) is 11.4. The van der Waals surface area contributed by atoms with Gasteiger partial charge in [-0.3, -0.25) is 14.5 Å². The molecule has 0 radical (unpaired) electrons. The Morgan fingerprint density at radius 2 is 2.13 bits per heavy atom. The van der Waals surface area contributed by atoms with Crippen molar-refractivity contribution in [2.24, 2.45) is 4.99 Å². The maximum atomic E-state index is 13.1. The van der Waals surface area contributed by atoms with Crippen molar-refractivity contribution >= 4 is 63.4 Å². The number of benzene rings is 1. The summed E-state index contributed by atoms with van der Waals surface area (Å²) in [4.78, 5) is 32.3. The van der Waals surface area contributed by atoms with E-state index in [2.05, 4.69) is 10.3 Å². The van der Waals surface area contributed by atoms with Gasteiger partial charge in [0.25, 0.3) is 5.91 Å².